The molecule has 0 aromatic carbocycles. The molecular formula is C6H10O5. The molecule has 0 saturated carbocycles. The quantitative estimate of drug-likeness (QED) is 0.317. The number of aliphatic hydroxyl groups is 3. The second-order valence-electron chi connectivity index (χ2n) is 2.11. The minimum atomic E-state index is -1.36. The van der Waals surface area contributed by atoms with Crippen molar-refractivity contribution in [3.8, 4) is 0 Å². The lowest BCUT2D eigenvalue weighted by Gasteiger charge is -2.12. The number of rotatable bonds is 5. The van der Waals surface area contributed by atoms with E-state index in [4.69, 9.17) is 15.3 Å². The zero-order valence-corrected chi connectivity index (χ0v) is 5.80. The maximum Gasteiger partial charge on any atom is 0.197 e. The van der Waals surface area contributed by atoms with Crippen LogP contribution in [-0.4, -0.2) is 46.2 Å². The van der Waals surface area contributed by atoms with Gasteiger partial charge in [0.15, 0.2) is 12.1 Å². The minimum absolute atomic E-state index is 0.0628. The molecule has 0 aromatic rings. The first-order valence-electron chi connectivity index (χ1n) is 3.06. The molecule has 0 spiro atoms. The number of ketones is 1. The Morgan fingerprint density at radius 2 is 1.91 bits per heavy atom. The van der Waals surface area contributed by atoms with Crippen molar-refractivity contribution in [3.63, 3.8) is 0 Å². The maximum atomic E-state index is 10.3. The third-order valence-electron chi connectivity index (χ3n) is 1.17. The van der Waals surface area contributed by atoms with Crippen LogP contribution in [0.25, 0.3) is 0 Å². The van der Waals surface area contributed by atoms with Gasteiger partial charge in [-0.2, -0.15) is 0 Å². The predicted molar refractivity (Wildman–Crippen MR) is 34.8 cm³/mol. The van der Waals surface area contributed by atoms with Gasteiger partial charge in [-0.1, -0.05) is 0 Å². The molecular weight excluding hydrogens is 152 g/mol. The van der Waals surface area contributed by atoms with Crippen LogP contribution in [0, 0.1) is 0 Å². The number of aliphatic hydroxyl groups excluding tert-OH is 3. The third kappa shape index (κ3) is 3.82. The topological polar surface area (TPSA) is 94.8 Å². The van der Waals surface area contributed by atoms with E-state index in [1.807, 2.05) is 0 Å². The lowest BCUT2D eigenvalue weighted by molar-refractivity contribution is -0.132. The average molecular weight is 162 g/mol. The SMILES string of the molecule is O=CC(=O)C[C@@H](O)[C@H](O)CO. The van der Waals surface area contributed by atoms with Crippen molar-refractivity contribution in [2.24, 2.45) is 0 Å². The van der Waals surface area contributed by atoms with Gasteiger partial charge in [0.25, 0.3) is 0 Å². The Morgan fingerprint density at radius 1 is 1.36 bits per heavy atom. The fraction of sp³-hybridized carbons (Fsp3) is 0.667. The average Bonchev–Trinajstić information content (AvgIpc) is 2.02. The molecule has 0 radical (unpaired) electrons. The number of aldehydes is 1. The normalized spacial score (nSPS) is 15.5. The highest BCUT2D eigenvalue weighted by Gasteiger charge is 2.17. The van der Waals surface area contributed by atoms with Crippen molar-refractivity contribution < 1.29 is 24.9 Å². The molecule has 0 saturated heterocycles. The molecule has 3 N–H and O–H groups in total. The smallest absolute Gasteiger partial charge is 0.197 e. The fourth-order valence-electron chi connectivity index (χ4n) is 0.512. The van der Waals surface area contributed by atoms with Crippen molar-refractivity contribution in [3.05, 3.63) is 0 Å². The second-order valence-corrected chi connectivity index (χ2v) is 2.11. The molecule has 0 amide bonds. The Labute approximate surface area is 63.3 Å². The van der Waals surface area contributed by atoms with Crippen molar-refractivity contribution >= 4 is 12.1 Å². The number of hydrogen-bond acceptors (Lipinski definition) is 5. The van der Waals surface area contributed by atoms with Gasteiger partial charge >= 0.3 is 0 Å². The Kier molecular flexibility index (Phi) is 4.60. The van der Waals surface area contributed by atoms with E-state index in [-0.39, 0.29) is 6.29 Å². The van der Waals surface area contributed by atoms with Crippen LogP contribution in [0.15, 0.2) is 0 Å². The summed E-state index contributed by atoms with van der Waals surface area (Å²) in [6, 6.07) is 0. The molecule has 0 unspecified atom stereocenters. The Balaban J connectivity index is 3.76. The molecule has 5 heteroatoms. The lowest BCUT2D eigenvalue weighted by Crippen LogP contribution is -2.31. The molecule has 0 aromatic heterocycles. The molecule has 2 atom stereocenters. The second kappa shape index (κ2) is 4.95. The van der Waals surface area contributed by atoms with Gasteiger partial charge in [-0.05, 0) is 0 Å². The highest BCUT2D eigenvalue weighted by molar-refractivity contribution is 6.25. The number of Topliss-reactive ketones (excluding diaryl/α,β-unsaturated/α-hetero) is 1. The van der Waals surface area contributed by atoms with Gasteiger partial charge in [-0.15, -0.1) is 0 Å². The molecule has 0 fully saturated rings. The predicted octanol–water partition coefficient (Wildman–Crippen LogP) is -2.14. The van der Waals surface area contributed by atoms with E-state index in [0.29, 0.717) is 0 Å². The summed E-state index contributed by atoms with van der Waals surface area (Å²) in [4.78, 5) is 20.1. The van der Waals surface area contributed by atoms with Crippen LogP contribution in [0.1, 0.15) is 6.42 Å². The number of hydrogen-bond donors (Lipinski definition) is 3. The molecule has 5 nitrogen and oxygen atoms in total. The zero-order valence-electron chi connectivity index (χ0n) is 5.80. The van der Waals surface area contributed by atoms with E-state index in [0.717, 1.165) is 0 Å². The summed E-state index contributed by atoms with van der Waals surface area (Å²) >= 11 is 0. The largest absolute Gasteiger partial charge is 0.394 e. The standard InChI is InChI=1S/C6H10O5/c7-2-4(9)1-5(10)6(11)3-8/h2,5-6,8,10-11H,1,3H2/t5-,6-/m1/s1. The molecule has 64 valence electrons. The molecule has 11 heavy (non-hydrogen) atoms. The van der Waals surface area contributed by atoms with Crippen LogP contribution < -0.4 is 0 Å². The summed E-state index contributed by atoms with van der Waals surface area (Å²) in [5.41, 5.74) is 0. The monoisotopic (exact) mass is 162 g/mol. The highest BCUT2D eigenvalue weighted by atomic mass is 16.4. The summed E-state index contributed by atoms with van der Waals surface area (Å²) in [6.07, 6.45) is -3.12. The van der Waals surface area contributed by atoms with Gasteiger partial charge in [0.2, 0.25) is 0 Å². The molecule has 0 aliphatic carbocycles. The summed E-state index contributed by atoms with van der Waals surface area (Å²) in [6.45, 7) is -0.632. The summed E-state index contributed by atoms with van der Waals surface area (Å²) in [5, 5.41) is 25.8. The molecule has 0 heterocycles. The van der Waals surface area contributed by atoms with Crippen LogP contribution in [0.3, 0.4) is 0 Å². The van der Waals surface area contributed by atoms with Gasteiger partial charge in [0.05, 0.1) is 12.7 Å². The van der Waals surface area contributed by atoms with Crippen LogP contribution in [0.2, 0.25) is 0 Å². The van der Waals surface area contributed by atoms with Gasteiger partial charge in [-0.3, -0.25) is 9.59 Å². The summed E-state index contributed by atoms with van der Waals surface area (Å²) < 4.78 is 0. The van der Waals surface area contributed by atoms with E-state index in [1.165, 1.54) is 0 Å². The van der Waals surface area contributed by atoms with Gasteiger partial charge in [0, 0.05) is 6.42 Å². The van der Waals surface area contributed by atoms with Crippen LogP contribution in [0.4, 0.5) is 0 Å². The third-order valence-corrected chi connectivity index (χ3v) is 1.17. The van der Waals surface area contributed by atoms with Gasteiger partial charge in [-0.25, -0.2) is 0 Å². The van der Waals surface area contributed by atoms with E-state index in [2.05, 4.69) is 0 Å². The first kappa shape index (κ1) is 10.2. The van der Waals surface area contributed by atoms with Crippen LogP contribution in [-0.2, 0) is 9.59 Å². The van der Waals surface area contributed by atoms with Crippen LogP contribution in [0.5, 0.6) is 0 Å². The van der Waals surface area contributed by atoms with Gasteiger partial charge < -0.3 is 15.3 Å². The van der Waals surface area contributed by atoms with Gasteiger partial charge in [0.1, 0.15) is 6.10 Å². The van der Waals surface area contributed by atoms with Crippen molar-refractivity contribution in [1.29, 1.82) is 0 Å². The first-order chi connectivity index (χ1) is 5.11. The molecule has 0 aliphatic heterocycles. The van der Waals surface area contributed by atoms with Crippen molar-refractivity contribution in [2.75, 3.05) is 6.61 Å². The molecule has 0 aliphatic rings. The zero-order chi connectivity index (χ0) is 8.85. The first-order valence-corrected chi connectivity index (χ1v) is 3.06. The van der Waals surface area contributed by atoms with E-state index >= 15 is 0 Å². The summed E-state index contributed by atoms with van der Waals surface area (Å²) in [7, 11) is 0. The van der Waals surface area contributed by atoms with E-state index in [9.17, 15) is 9.59 Å². The Hall–Kier alpha value is -0.780. The van der Waals surface area contributed by atoms with Crippen molar-refractivity contribution in [2.45, 2.75) is 18.6 Å². The molecule has 0 rings (SSSR count). The maximum absolute atomic E-state index is 10.3. The molecule has 0 bridgehead atoms. The minimum Gasteiger partial charge on any atom is -0.394 e. The van der Waals surface area contributed by atoms with E-state index in [1.54, 1.807) is 0 Å². The highest BCUT2D eigenvalue weighted by Crippen LogP contribution is 1.97. The number of carbonyl (C=O) groups excluding carboxylic acids is 2. The van der Waals surface area contributed by atoms with Crippen LogP contribution >= 0.6 is 0 Å². The Morgan fingerprint density at radius 3 is 2.27 bits per heavy atom. The van der Waals surface area contributed by atoms with Crippen molar-refractivity contribution in [1.82, 2.24) is 0 Å². The summed E-state index contributed by atoms with van der Waals surface area (Å²) in [5.74, 6) is -0.801. The lowest BCUT2D eigenvalue weighted by atomic mass is 10.1. The Bertz CT molecular complexity index is 144. The van der Waals surface area contributed by atoms with E-state index < -0.39 is 31.0 Å². The fourth-order valence-corrected chi connectivity index (χ4v) is 0.512. The number of carbonyl (C=O) groups is 2.